The van der Waals surface area contributed by atoms with Gasteiger partial charge in [0.05, 0.1) is 0 Å². The molecule has 0 amide bonds. The normalized spacial score (nSPS) is 11.6. The van der Waals surface area contributed by atoms with Gasteiger partial charge in [0.2, 0.25) is 0 Å². The van der Waals surface area contributed by atoms with Crippen molar-refractivity contribution in [1.29, 1.82) is 0 Å². The van der Waals surface area contributed by atoms with Crippen molar-refractivity contribution < 1.29 is 51.0 Å². The third-order valence-corrected chi connectivity index (χ3v) is 7.05. The molecule has 0 saturated carbocycles. The van der Waals surface area contributed by atoms with Crippen LogP contribution in [0.5, 0.6) is 0 Å². The van der Waals surface area contributed by atoms with Gasteiger partial charge in [0.1, 0.15) is 0 Å². The molecular formula is C33H27Cl2Zr. The van der Waals surface area contributed by atoms with Gasteiger partial charge in [-0.25, -0.2) is 0 Å². The van der Waals surface area contributed by atoms with E-state index in [1.165, 1.54) is 54.6 Å². The average molecular weight is 586 g/mol. The smallest absolute Gasteiger partial charge is 1.00 e. The quantitative estimate of drug-likeness (QED) is 0.260. The number of fused-ring (bicyclic) bond motifs is 8. The molecule has 0 saturated heterocycles. The first-order chi connectivity index (χ1) is 16.2. The Balaban J connectivity index is 0.000000185. The summed E-state index contributed by atoms with van der Waals surface area (Å²) in [6, 6.07) is 41.5. The molecule has 7 rings (SSSR count). The van der Waals surface area contributed by atoms with Crippen LogP contribution in [0, 0.1) is 5.92 Å². The van der Waals surface area contributed by atoms with Crippen LogP contribution in [0.1, 0.15) is 30.9 Å². The molecule has 0 atom stereocenters. The Bertz CT molecular complexity index is 1560. The zero-order chi connectivity index (χ0) is 22.4. The SMILES string of the molecule is CC(C)C1c2ccccc2-c2ccccc21.[Cl-].[Cl-].[Zr+3].c1ccc2c(c1)ccc1[cH-]c3ccccc3c12. The van der Waals surface area contributed by atoms with Gasteiger partial charge in [-0.15, -0.1) is 39.7 Å². The standard InChI is InChI=1S/C17H11.C16H16.2ClH.Zr/c1-3-7-15-12(5-1)9-10-14-11-13-6-2-4-8-16(13)17(14)15;1-11(2)16-14-9-5-3-7-12(14)13-8-4-6-10-15(13)16;;;/h1-11H;3-11,16H,1-2H3;2*1H;/q-1;;;;+3/p-2. The van der Waals surface area contributed by atoms with Crippen LogP contribution >= 0.6 is 0 Å². The summed E-state index contributed by atoms with van der Waals surface area (Å²) in [6.07, 6.45) is 0. The first kappa shape index (κ1) is 28.3. The fourth-order valence-electron chi connectivity index (χ4n) is 5.64. The van der Waals surface area contributed by atoms with Crippen LogP contribution in [-0.4, -0.2) is 0 Å². The minimum atomic E-state index is 0. The third-order valence-electron chi connectivity index (χ3n) is 7.05. The Hall–Kier alpha value is -2.31. The number of hydrogen-bond donors (Lipinski definition) is 0. The molecule has 1 aliphatic rings. The monoisotopic (exact) mass is 583 g/mol. The summed E-state index contributed by atoms with van der Waals surface area (Å²) in [5, 5.41) is 8.09. The minimum absolute atomic E-state index is 0. The van der Waals surface area contributed by atoms with E-state index in [0.717, 1.165) is 0 Å². The van der Waals surface area contributed by atoms with Crippen molar-refractivity contribution in [3.63, 3.8) is 0 Å². The Morgan fingerprint density at radius 1 is 0.556 bits per heavy atom. The van der Waals surface area contributed by atoms with Crippen molar-refractivity contribution >= 4 is 32.3 Å². The van der Waals surface area contributed by atoms with Gasteiger partial charge in [-0.2, -0.15) is 0 Å². The van der Waals surface area contributed by atoms with Crippen LogP contribution in [0.3, 0.4) is 0 Å². The zero-order valence-electron chi connectivity index (χ0n) is 20.4. The molecule has 0 aromatic heterocycles. The van der Waals surface area contributed by atoms with E-state index in [9.17, 15) is 0 Å². The molecule has 0 heterocycles. The molecule has 1 radical (unpaired) electrons. The van der Waals surface area contributed by atoms with Crippen molar-refractivity contribution in [2.24, 2.45) is 5.92 Å². The van der Waals surface area contributed by atoms with Crippen LogP contribution in [0.4, 0.5) is 0 Å². The van der Waals surface area contributed by atoms with E-state index in [1.54, 1.807) is 0 Å². The van der Waals surface area contributed by atoms with Crippen LogP contribution in [0.25, 0.3) is 43.4 Å². The molecule has 0 nitrogen and oxygen atoms in total. The largest absolute Gasteiger partial charge is 3.00 e. The Morgan fingerprint density at radius 2 is 1.08 bits per heavy atom. The Labute approximate surface area is 245 Å². The van der Waals surface area contributed by atoms with E-state index in [0.29, 0.717) is 11.8 Å². The van der Waals surface area contributed by atoms with Crippen molar-refractivity contribution in [1.82, 2.24) is 0 Å². The van der Waals surface area contributed by atoms with Gasteiger partial charge >= 0.3 is 26.2 Å². The molecule has 0 N–H and O–H groups in total. The van der Waals surface area contributed by atoms with E-state index in [4.69, 9.17) is 0 Å². The molecule has 0 spiro atoms. The fraction of sp³-hybridized carbons (Fsp3) is 0.121. The van der Waals surface area contributed by atoms with E-state index in [1.807, 2.05) is 0 Å². The Kier molecular flexibility index (Phi) is 9.29. The van der Waals surface area contributed by atoms with Crippen LogP contribution in [0.2, 0.25) is 0 Å². The van der Waals surface area contributed by atoms with Gasteiger partial charge in [0.25, 0.3) is 0 Å². The summed E-state index contributed by atoms with van der Waals surface area (Å²) in [6.45, 7) is 4.62. The van der Waals surface area contributed by atoms with Crippen molar-refractivity contribution in [2.75, 3.05) is 0 Å². The molecule has 0 fully saturated rings. The molecule has 36 heavy (non-hydrogen) atoms. The summed E-state index contributed by atoms with van der Waals surface area (Å²) in [5.41, 5.74) is 5.85. The van der Waals surface area contributed by atoms with Crippen molar-refractivity contribution in [3.05, 3.63) is 126 Å². The number of benzene rings is 5. The number of halogens is 2. The fourth-order valence-corrected chi connectivity index (χ4v) is 5.64. The summed E-state index contributed by atoms with van der Waals surface area (Å²) in [7, 11) is 0. The van der Waals surface area contributed by atoms with Gasteiger partial charge in [-0.3, -0.25) is 0 Å². The maximum atomic E-state index is 2.31. The van der Waals surface area contributed by atoms with Gasteiger partial charge in [0, 0.05) is 5.92 Å². The van der Waals surface area contributed by atoms with Crippen LogP contribution in [-0.2, 0) is 26.2 Å². The number of rotatable bonds is 1. The molecule has 6 aromatic rings. The second kappa shape index (κ2) is 11.8. The predicted octanol–water partition coefficient (Wildman–Crippen LogP) is 3.33. The van der Waals surface area contributed by atoms with Crippen LogP contribution < -0.4 is 24.8 Å². The summed E-state index contributed by atoms with van der Waals surface area (Å²) in [4.78, 5) is 0. The third kappa shape index (κ3) is 4.82. The summed E-state index contributed by atoms with van der Waals surface area (Å²) < 4.78 is 0. The van der Waals surface area contributed by atoms with Gasteiger partial charge in [-0.05, 0) is 33.6 Å². The molecule has 3 heteroatoms. The summed E-state index contributed by atoms with van der Waals surface area (Å²) >= 11 is 0. The van der Waals surface area contributed by atoms with E-state index in [-0.39, 0.29) is 51.0 Å². The first-order valence-electron chi connectivity index (χ1n) is 11.9. The van der Waals surface area contributed by atoms with Crippen molar-refractivity contribution in [2.45, 2.75) is 19.8 Å². The molecular weight excluding hydrogens is 558 g/mol. The van der Waals surface area contributed by atoms with Gasteiger partial charge < -0.3 is 24.8 Å². The maximum absolute atomic E-state index is 2.31. The maximum Gasteiger partial charge on any atom is 3.00 e. The second-order valence-electron chi connectivity index (χ2n) is 9.38. The Morgan fingerprint density at radius 3 is 1.72 bits per heavy atom. The predicted molar refractivity (Wildman–Crippen MR) is 143 cm³/mol. The van der Waals surface area contributed by atoms with E-state index in [2.05, 4.69) is 129 Å². The minimum Gasteiger partial charge on any atom is -1.00 e. The first-order valence-corrected chi connectivity index (χ1v) is 11.9. The number of hydrogen-bond acceptors (Lipinski definition) is 0. The van der Waals surface area contributed by atoms with Gasteiger partial charge in [-0.1, -0.05) is 116 Å². The van der Waals surface area contributed by atoms with Crippen molar-refractivity contribution in [3.8, 4) is 11.1 Å². The molecule has 0 unspecified atom stereocenters. The topological polar surface area (TPSA) is 0 Å². The average Bonchev–Trinajstić information content (AvgIpc) is 3.40. The van der Waals surface area contributed by atoms with E-state index < -0.39 is 0 Å². The van der Waals surface area contributed by atoms with E-state index >= 15 is 0 Å². The molecule has 0 bridgehead atoms. The van der Waals surface area contributed by atoms with Crippen LogP contribution in [0.15, 0.2) is 115 Å². The molecule has 0 aliphatic heterocycles. The molecule has 1 aliphatic carbocycles. The molecule has 6 aromatic carbocycles. The molecule has 177 valence electrons. The zero-order valence-corrected chi connectivity index (χ0v) is 24.4. The summed E-state index contributed by atoms with van der Waals surface area (Å²) in [5.74, 6) is 1.23. The second-order valence-corrected chi connectivity index (χ2v) is 9.38. The van der Waals surface area contributed by atoms with Gasteiger partial charge in [0.15, 0.2) is 0 Å².